The number of rotatable bonds is 4. The second kappa shape index (κ2) is 6.69. The Labute approximate surface area is 168 Å². The van der Waals surface area contributed by atoms with Crippen LogP contribution in [-0.4, -0.2) is 39.9 Å². The number of ketones is 2. The molecule has 2 heterocycles. The van der Waals surface area contributed by atoms with E-state index in [0.717, 1.165) is 28.9 Å². The van der Waals surface area contributed by atoms with Gasteiger partial charge in [0.1, 0.15) is 5.54 Å². The number of nitrogens with one attached hydrogen (secondary N) is 2. The molecule has 7 heteroatoms. The highest BCUT2D eigenvalue weighted by Gasteiger charge is 2.54. The van der Waals surface area contributed by atoms with Gasteiger partial charge in [-0.1, -0.05) is 24.3 Å². The summed E-state index contributed by atoms with van der Waals surface area (Å²) in [5.41, 5.74) is 2.64. The number of amides is 3. The molecule has 2 aliphatic rings. The molecular weight excluding hydrogens is 370 g/mol. The van der Waals surface area contributed by atoms with Crippen molar-refractivity contribution in [1.82, 2.24) is 15.2 Å². The molecule has 1 spiro atoms. The third-order valence-corrected chi connectivity index (χ3v) is 6.02. The maximum Gasteiger partial charge on any atom is 0.325 e. The minimum absolute atomic E-state index is 0.136. The predicted octanol–water partition coefficient (Wildman–Crippen LogP) is 2.80. The van der Waals surface area contributed by atoms with Crippen LogP contribution < -0.4 is 5.32 Å². The summed E-state index contributed by atoms with van der Waals surface area (Å²) in [6, 6.07) is 7.05. The van der Waals surface area contributed by atoms with Crippen LogP contribution in [0.4, 0.5) is 4.79 Å². The summed E-state index contributed by atoms with van der Waals surface area (Å²) >= 11 is 0. The van der Waals surface area contributed by atoms with Gasteiger partial charge >= 0.3 is 6.03 Å². The number of urea groups is 1. The molecule has 1 aliphatic carbocycles. The fourth-order valence-corrected chi connectivity index (χ4v) is 4.73. The number of hydrogen-bond acceptors (Lipinski definition) is 4. The van der Waals surface area contributed by atoms with Crippen molar-refractivity contribution < 1.29 is 19.2 Å². The van der Waals surface area contributed by atoms with Crippen molar-refractivity contribution in [1.29, 1.82) is 0 Å². The Morgan fingerprint density at radius 3 is 2.59 bits per heavy atom. The first-order chi connectivity index (χ1) is 13.8. The van der Waals surface area contributed by atoms with Gasteiger partial charge in [0.15, 0.2) is 11.6 Å². The zero-order valence-electron chi connectivity index (χ0n) is 16.7. The Morgan fingerprint density at radius 2 is 1.90 bits per heavy atom. The summed E-state index contributed by atoms with van der Waals surface area (Å²) < 4.78 is 0. The number of carbonyl (C=O) groups excluding carboxylic acids is 4. The number of aromatic nitrogens is 1. The summed E-state index contributed by atoms with van der Waals surface area (Å²) in [4.78, 5) is 54.7. The summed E-state index contributed by atoms with van der Waals surface area (Å²) in [7, 11) is 0. The van der Waals surface area contributed by atoms with Crippen LogP contribution in [0.25, 0.3) is 0 Å². The topological polar surface area (TPSA) is 99.3 Å². The molecule has 1 aliphatic heterocycles. The van der Waals surface area contributed by atoms with Crippen LogP contribution in [0.1, 0.15) is 63.0 Å². The van der Waals surface area contributed by atoms with Gasteiger partial charge in [-0.15, -0.1) is 0 Å². The van der Waals surface area contributed by atoms with Crippen molar-refractivity contribution in [3.8, 4) is 0 Å². The summed E-state index contributed by atoms with van der Waals surface area (Å²) in [6.07, 6.45) is 2.14. The molecule has 1 atom stereocenters. The van der Waals surface area contributed by atoms with Gasteiger partial charge in [-0.3, -0.25) is 19.3 Å². The Kier molecular flexibility index (Phi) is 4.41. The van der Waals surface area contributed by atoms with Crippen LogP contribution in [0.5, 0.6) is 0 Å². The number of aromatic amines is 1. The first-order valence-corrected chi connectivity index (χ1v) is 9.72. The van der Waals surface area contributed by atoms with E-state index in [1.165, 1.54) is 6.92 Å². The highest BCUT2D eigenvalue weighted by Crippen LogP contribution is 2.39. The highest BCUT2D eigenvalue weighted by molar-refractivity contribution is 6.12. The van der Waals surface area contributed by atoms with Crippen molar-refractivity contribution in [3.63, 3.8) is 0 Å². The molecule has 0 bridgehead atoms. The molecule has 4 rings (SSSR count). The van der Waals surface area contributed by atoms with Crippen LogP contribution in [0, 0.1) is 13.8 Å². The Hall–Kier alpha value is -3.22. The smallest absolute Gasteiger partial charge is 0.325 e. The molecule has 2 aromatic rings. The highest BCUT2D eigenvalue weighted by atomic mass is 16.2. The van der Waals surface area contributed by atoms with Crippen molar-refractivity contribution in [2.45, 2.75) is 45.6 Å². The second-order valence-corrected chi connectivity index (χ2v) is 7.84. The molecule has 7 nitrogen and oxygen atoms in total. The van der Waals surface area contributed by atoms with Gasteiger partial charge in [-0.05, 0) is 56.7 Å². The van der Waals surface area contributed by atoms with Gasteiger partial charge in [-0.25, -0.2) is 4.79 Å². The second-order valence-electron chi connectivity index (χ2n) is 7.84. The maximum absolute atomic E-state index is 13.3. The lowest BCUT2D eigenvalue weighted by Crippen LogP contribution is -2.46. The van der Waals surface area contributed by atoms with Gasteiger partial charge in [-0.2, -0.15) is 0 Å². The number of aryl methyl sites for hydroxylation is 2. The first-order valence-electron chi connectivity index (χ1n) is 9.72. The number of imide groups is 1. The van der Waals surface area contributed by atoms with Crippen molar-refractivity contribution in [2.24, 2.45) is 0 Å². The van der Waals surface area contributed by atoms with Gasteiger partial charge in [0.25, 0.3) is 5.91 Å². The Morgan fingerprint density at radius 1 is 1.17 bits per heavy atom. The number of Topliss-reactive ketones (excluding diaryl/α,β-unsaturated/α-hetero) is 2. The fourth-order valence-electron chi connectivity index (χ4n) is 4.73. The van der Waals surface area contributed by atoms with E-state index >= 15 is 0 Å². The van der Waals surface area contributed by atoms with Crippen molar-refractivity contribution in [3.05, 3.63) is 57.9 Å². The number of carbonyl (C=O) groups is 4. The zero-order valence-corrected chi connectivity index (χ0v) is 16.7. The van der Waals surface area contributed by atoms with E-state index in [2.05, 4.69) is 10.3 Å². The van der Waals surface area contributed by atoms with E-state index in [1.807, 2.05) is 24.3 Å². The molecule has 1 fully saturated rings. The summed E-state index contributed by atoms with van der Waals surface area (Å²) in [6.45, 7) is 4.49. The number of nitrogens with zero attached hydrogens (tertiary/aromatic N) is 1. The molecule has 150 valence electrons. The third-order valence-electron chi connectivity index (χ3n) is 6.02. The van der Waals surface area contributed by atoms with Crippen molar-refractivity contribution >= 4 is 23.5 Å². The molecule has 0 saturated carbocycles. The van der Waals surface area contributed by atoms with Gasteiger partial charge in [0.05, 0.1) is 12.2 Å². The van der Waals surface area contributed by atoms with Crippen LogP contribution in [0.3, 0.4) is 0 Å². The first kappa shape index (κ1) is 19.1. The molecule has 2 N–H and O–H groups in total. The van der Waals surface area contributed by atoms with Gasteiger partial charge < -0.3 is 10.3 Å². The molecule has 0 radical (unpaired) electrons. The third kappa shape index (κ3) is 2.80. The largest absolute Gasteiger partial charge is 0.355 e. The summed E-state index contributed by atoms with van der Waals surface area (Å²) in [5.74, 6) is -0.929. The normalized spacial score (nSPS) is 20.7. The standard InChI is InChI=1S/C22H23N3O4/c1-12-18(14(3)26)13(2)23-19(12)17(27)11-25-20(28)22(24-21(25)29)10-6-8-15-7-4-5-9-16(15)22/h4-5,7,9,23H,6,8,10-11H2,1-3H3,(H,24,29)/t22-/m1/s1. The van der Waals surface area contributed by atoms with E-state index in [9.17, 15) is 19.2 Å². The van der Waals surface area contributed by atoms with Crippen LogP contribution in [0.15, 0.2) is 24.3 Å². The monoisotopic (exact) mass is 393 g/mol. The lowest BCUT2D eigenvalue weighted by molar-refractivity contribution is -0.131. The summed E-state index contributed by atoms with van der Waals surface area (Å²) in [5, 5.41) is 2.85. The SMILES string of the molecule is CC(=O)c1c(C)[nH]c(C(=O)CN2C(=O)N[C@@]3(CCCc4ccccc43)C2=O)c1C. The predicted molar refractivity (Wildman–Crippen MR) is 106 cm³/mol. The van der Waals surface area contributed by atoms with Crippen LogP contribution in [-0.2, 0) is 16.8 Å². The molecule has 0 unspecified atom stereocenters. The average molecular weight is 393 g/mol. The van der Waals surface area contributed by atoms with Crippen molar-refractivity contribution in [2.75, 3.05) is 6.54 Å². The number of benzene rings is 1. The van der Waals surface area contributed by atoms with E-state index < -0.39 is 23.3 Å². The Balaban J connectivity index is 1.64. The molecule has 1 aromatic heterocycles. The lowest BCUT2D eigenvalue weighted by Gasteiger charge is -2.33. The molecular formula is C22H23N3O4. The van der Waals surface area contributed by atoms with Gasteiger partial charge in [0.2, 0.25) is 0 Å². The van der Waals surface area contributed by atoms with E-state index in [-0.39, 0.29) is 18.0 Å². The fraction of sp³-hybridized carbons (Fsp3) is 0.364. The lowest BCUT2D eigenvalue weighted by atomic mass is 9.76. The Bertz CT molecular complexity index is 1070. The van der Waals surface area contributed by atoms with Crippen LogP contribution in [0.2, 0.25) is 0 Å². The number of H-pyrrole nitrogens is 1. The maximum atomic E-state index is 13.3. The average Bonchev–Trinajstić information content (AvgIpc) is 3.10. The van der Waals surface area contributed by atoms with E-state index in [0.29, 0.717) is 23.2 Å². The zero-order chi connectivity index (χ0) is 20.9. The molecule has 29 heavy (non-hydrogen) atoms. The van der Waals surface area contributed by atoms with E-state index in [4.69, 9.17) is 0 Å². The number of fused-ring (bicyclic) bond motifs is 2. The minimum Gasteiger partial charge on any atom is -0.355 e. The number of hydrogen-bond donors (Lipinski definition) is 2. The minimum atomic E-state index is -1.10. The van der Waals surface area contributed by atoms with E-state index in [1.54, 1.807) is 13.8 Å². The molecule has 3 amide bonds. The molecule has 1 aromatic carbocycles. The van der Waals surface area contributed by atoms with Gasteiger partial charge in [0, 0.05) is 11.3 Å². The quantitative estimate of drug-likeness (QED) is 0.616. The van der Waals surface area contributed by atoms with Crippen LogP contribution >= 0.6 is 0 Å². The molecule has 1 saturated heterocycles.